The van der Waals surface area contributed by atoms with Gasteiger partial charge >= 0.3 is 6.03 Å². The SMILES string of the molecule is C[C@H](NC(=O)N[C@H]1CCCC[C@H]1CO)C(C)(C)CN(C)C. The number of carbonyl (C=O) groups excluding carboxylic acids is 1. The molecule has 2 amide bonds. The van der Waals surface area contributed by atoms with Crippen molar-refractivity contribution in [2.24, 2.45) is 11.3 Å². The predicted octanol–water partition coefficient (Wildman–Crippen LogP) is 1.81. The molecule has 0 bridgehead atoms. The quantitative estimate of drug-likeness (QED) is 0.701. The van der Waals surface area contributed by atoms with E-state index in [0.29, 0.717) is 0 Å². The molecule has 0 aromatic rings. The maximum atomic E-state index is 12.2. The number of nitrogens with zero attached hydrogens (tertiary/aromatic N) is 1. The number of aliphatic hydroxyl groups excluding tert-OH is 1. The highest BCUT2D eigenvalue weighted by Crippen LogP contribution is 2.24. The summed E-state index contributed by atoms with van der Waals surface area (Å²) >= 11 is 0. The molecule has 0 heterocycles. The molecule has 0 spiro atoms. The van der Waals surface area contributed by atoms with Crippen molar-refractivity contribution in [3.05, 3.63) is 0 Å². The van der Waals surface area contributed by atoms with Crippen molar-refractivity contribution in [1.82, 2.24) is 15.5 Å². The average molecular weight is 299 g/mol. The summed E-state index contributed by atoms with van der Waals surface area (Å²) in [5.41, 5.74) is 0.00375. The molecule has 1 saturated carbocycles. The lowest BCUT2D eigenvalue weighted by atomic mass is 9.84. The van der Waals surface area contributed by atoms with Gasteiger partial charge in [0.25, 0.3) is 0 Å². The Bertz CT molecular complexity index is 331. The van der Waals surface area contributed by atoms with Crippen molar-refractivity contribution in [1.29, 1.82) is 0 Å². The summed E-state index contributed by atoms with van der Waals surface area (Å²) in [5.74, 6) is 0.203. The lowest BCUT2D eigenvalue weighted by molar-refractivity contribution is 0.147. The topological polar surface area (TPSA) is 64.6 Å². The Kier molecular flexibility index (Phi) is 6.94. The van der Waals surface area contributed by atoms with Crippen LogP contribution in [0.5, 0.6) is 0 Å². The molecule has 1 aliphatic rings. The maximum Gasteiger partial charge on any atom is 0.315 e. The van der Waals surface area contributed by atoms with E-state index in [2.05, 4.69) is 29.4 Å². The zero-order valence-electron chi connectivity index (χ0n) is 14.3. The first-order valence-corrected chi connectivity index (χ1v) is 8.09. The van der Waals surface area contributed by atoms with Crippen LogP contribution in [0.15, 0.2) is 0 Å². The van der Waals surface area contributed by atoms with Gasteiger partial charge in [-0.3, -0.25) is 0 Å². The molecule has 0 saturated heterocycles. The van der Waals surface area contributed by atoms with E-state index in [1.807, 2.05) is 21.0 Å². The van der Waals surface area contributed by atoms with Crippen molar-refractivity contribution >= 4 is 6.03 Å². The summed E-state index contributed by atoms with van der Waals surface area (Å²) in [5, 5.41) is 15.5. The smallest absolute Gasteiger partial charge is 0.315 e. The van der Waals surface area contributed by atoms with Crippen LogP contribution in [0.4, 0.5) is 4.79 Å². The Morgan fingerprint density at radius 1 is 1.33 bits per heavy atom. The molecule has 3 N–H and O–H groups in total. The third-order valence-electron chi connectivity index (χ3n) is 4.70. The second kappa shape index (κ2) is 7.99. The van der Waals surface area contributed by atoms with Crippen LogP contribution >= 0.6 is 0 Å². The molecule has 3 atom stereocenters. The zero-order valence-corrected chi connectivity index (χ0v) is 14.3. The van der Waals surface area contributed by atoms with Crippen LogP contribution in [-0.2, 0) is 0 Å². The average Bonchev–Trinajstić information content (AvgIpc) is 2.37. The van der Waals surface area contributed by atoms with Gasteiger partial charge in [0.15, 0.2) is 0 Å². The monoisotopic (exact) mass is 299 g/mol. The third kappa shape index (κ3) is 5.83. The molecule has 0 aliphatic heterocycles. The summed E-state index contributed by atoms with van der Waals surface area (Å²) in [7, 11) is 4.09. The molecule has 0 aromatic carbocycles. The Morgan fingerprint density at radius 2 is 1.95 bits per heavy atom. The standard InChI is InChI=1S/C16H33N3O2/c1-12(16(2,3)11-19(4)5)17-15(21)18-14-9-7-6-8-13(14)10-20/h12-14,20H,6-11H2,1-5H3,(H2,17,18,21)/t12-,13-,14-/m0/s1. The second-order valence-corrected chi connectivity index (χ2v) is 7.40. The van der Waals surface area contributed by atoms with Crippen molar-refractivity contribution in [3.8, 4) is 0 Å². The van der Waals surface area contributed by atoms with Crippen LogP contribution in [0.3, 0.4) is 0 Å². The number of amides is 2. The molecular weight excluding hydrogens is 266 g/mol. The first-order chi connectivity index (χ1) is 9.76. The van der Waals surface area contributed by atoms with E-state index in [1.54, 1.807) is 0 Å². The van der Waals surface area contributed by atoms with Gasteiger partial charge in [0.05, 0.1) is 0 Å². The number of carbonyl (C=O) groups is 1. The summed E-state index contributed by atoms with van der Waals surface area (Å²) < 4.78 is 0. The fourth-order valence-electron chi connectivity index (χ4n) is 3.17. The molecule has 5 heteroatoms. The minimum Gasteiger partial charge on any atom is -0.396 e. The van der Waals surface area contributed by atoms with E-state index in [9.17, 15) is 9.90 Å². The van der Waals surface area contributed by atoms with Crippen LogP contribution in [0.25, 0.3) is 0 Å². The molecule has 124 valence electrons. The van der Waals surface area contributed by atoms with Gasteiger partial charge in [-0.15, -0.1) is 0 Å². The highest BCUT2D eigenvalue weighted by atomic mass is 16.3. The summed E-state index contributed by atoms with van der Waals surface area (Å²) in [6.07, 6.45) is 4.25. The molecule has 5 nitrogen and oxygen atoms in total. The first kappa shape index (κ1) is 18.2. The van der Waals surface area contributed by atoms with E-state index >= 15 is 0 Å². The second-order valence-electron chi connectivity index (χ2n) is 7.40. The predicted molar refractivity (Wildman–Crippen MR) is 86.3 cm³/mol. The molecule has 0 unspecified atom stereocenters. The van der Waals surface area contributed by atoms with Crippen LogP contribution in [0, 0.1) is 11.3 Å². The molecule has 1 aliphatic carbocycles. The van der Waals surface area contributed by atoms with Crippen molar-refractivity contribution in [3.63, 3.8) is 0 Å². The van der Waals surface area contributed by atoms with Gasteiger partial charge in [-0.2, -0.15) is 0 Å². The number of urea groups is 1. The number of hydrogen-bond acceptors (Lipinski definition) is 3. The van der Waals surface area contributed by atoms with Gasteiger partial charge in [0.1, 0.15) is 0 Å². The molecule has 1 rings (SSSR count). The molecule has 0 radical (unpaired) electrons. The largest absolute Gasteiger partial charge is 0.396 e. The van der Waals surface area contributed by atoms with Crippen LogP contribution < -0.4 is 10.6 Å². The summed E-state index contributed by atoms with van der Waals surface area (Å²) in [6.45, 7) is 7.45. The third-order valence-corrected chi connectivity index (χ3v) is 4.70. The first-order valence-electron chi connectivity index (χ1n) is 8.09. The van der Waals surface area contributed by atoms with Crippen LogP contribution in [-0.4, -0.2) is 55.4 Å². The summed E-state index contributed by atoms with van der Waals surface area (Å²) in [6, 6.07) is 0.0728. The minimum absolute atomic E-state index is 0.00375. The van der Waals surface area contributed by atoms with Gasteiger partial charge < -0.3 is 20.6 Å². The highest BCUT2D eigenvalue weighted by Gasteiger charge is 2.30. The Labute approximate surface area is 129 Å². The van der Waals surface area contributed by atoms with Gasteiger partial charge in [-0.05, 0) is 39.3 Å². The van der Waals surface area contributed by atoms with E-state index in [1.165, 1.54) is 0 Å². The number of aliphatic hydroxyl groups is 1. The zero-order chi connectivity index (χ0) is 16.0. The molecule has 1 fully saturated rings. The molecule has 0 aromatic heterocycles. The van der Waals surface area contributed by atoms with Crippen LogP contribution in [0.1, 0.15) is 46.5 Å². The lowest BCUT2D eigenvalue weighted by Gasteiger charge is -2.36. The van der Waals surface area contributed by atoms with Gasteiger partial charge in [-0.25, -0.2) is 4.79 Å². The van der Waals surface area contributed by atoms with Crippen molar-refractivity contribution in [2.45, 2.75) is 58.5 Å². The van der Waals surface area contributed by atoms with Gasteiger partial charge in [-0.1, -0.05) is 26.7 Å². The number of hydrogen-bond donors (Lipinski definition) is 3. The lowest BCUT2D eigenvalue weighted by Crippen LogP contribution is -2.54. The van der Waals surface area contributed by atoms with Crippen LogP contribution in [0.2, 0.25) is 0 Å². The number of nitrogens with one attached hydrogen (secondary N) is 2. The Morgan fingerprint density at radius 3 is 2.52 bits per heavy atom. The van der Waals surface area contributed by atoms with Crippen molar-refractivity contribution in [2.75, 3.05) is 27.2 Å². The molecular formula is C16H33N3O2. The Hall–Kier alpha value is -0.810. The fraction of sp³-hybridized carbons (Fsp3) is 0.938. The van der Waals surface area contributed by atoms with Crippen molar-refractivity contribution < 1.29 is 9.90 Å². The normalized spacial score (nSPS) is 24.7. The maximum absolute atomic E-state index is 12.2. The van der Waals surface area contributed by atoms with Gasteiger partial charge in [0, 0.05) is 31.2 Å². The summed E-state index contributed by atoms with van der Waals surface area (Å²) in [4.78, 5) is 14.3. The van der Waals surface area contributed by atoms with E-state index in [0.717, 1.165) is 32.2 Å². The number of rotatable bonds is 6. The van der Waals surface area contributed by atoms with Gasteiger partial charge in [0.2, 0.25) is 0 Å². The van der Waals surface area contributed by atoms with E-state index in [4.69, 9.17) is 0 Å². The van der Waals surface area contributed by atoms with E-state index < -0.39 is 0 Å². The van der Waals surface area contributed by atoms with E-state index in [-0.39, 0.29) is 36.1 Å². The highest BCUT2D eigenvalue weighted by molar-refractivity contribution is 5.74. The fourth-order valence-corrected chi connectivity index (χ4v) is 3.17. The Balaban J connectivity index is 2.48. The minimum atomic E-state index is -0.111. The molecule has 21 heavy (non-hydrogen) atoms.